The van der Waals surface area contributed by atoms with Crippen molar-refractivity contribution >= 4 is 21.7 Å². The van der Waals surface area contributed by atoms with E-state index < -0.39 is 16.0 Å². The van der Waals surface area contributed by atoms with E-state index in [-0.39, 0.29) is 16.1 Å². The van der Waals surface area contributed by atoms with Crippen LogP contribution >= 0.6 is 0 Å². The molecule has 118 valence electrons. The van der Waals surface area contributed by atoms with E-state index in [0.29, 0.717) is 13.0 Å². The third-order valence-corrected chi connectivity index (χ3v) is 4.90. The molecule has 1 aromatic carbocycles. The zero-order valence-electron chi connectivity index (χ0n) is 12.4. The summed E-state index contributed by atoms with van der Waals surface area (Å²) in [6.45, 7) is 1.04. The van der Waals surface area contributed by atoms with Gasteiger partial charge in [-0.1, -0.05) is 0 Å². The van der Waals surface area contributed by atoms with Crippen LogP contribution in [0, 0.1) is 0 Å². The molecule has 0 fully saturated rings. The second-order valence-corrected chi connectivity index (χ2v) is 7.06. The fraction of sp³-hybridized carbons (Fsp3) is 0.462. The summed E-state index contributed by atoms with van der Waals surface area (Å²) in [4.78, 5) is 12.8. The van der Waals surface area contributed by atoms with Crippen LogP contribution in [-0.2, 0) is 10.0 Å². The van der Waals surface area contributed by atoms with E-state index in [1.165, 1.54) is 25.2 Å². The molecular weight excluding hydrogens is 294 g/mol. The van der Waals surface area contributed by atoms with Crippen LogP contribution in [0.1, 0.15) is 16.8 Å². The molecule has 0 saturated carbocycles. The molecule has 7 nitrogen and oxygen atoms in total. The van der Waals surface area contributed by atoms with Crippen LogP contribution in [0.4, 0.5) is 5.69 Å². The summed E-state index contributed by atoms with van der Waals surface area (Å²) in [7, 11) is 1.34. The number of nitrogens with two attached hydrogens (primary N) is 1. The summed E-state index contributed by atoms with van der Waals surface area (Å²) in [6.07, 6.45) is 0.646. The number of hydrogen-bond donors (Lipinski definition) is 2. The van der Waals surface area contributed by atoms with Crippen LogP contribution in [0.2, 0.25) is 0 Å². The van der Waals surface area contributed by atoms with E-state index in [2.05, 4.69) is 0 Å². The largest absolute Gasteiger partial charge is 0.478 e. The minimum atomic E-state index is -3.88. The molecule has 0 spiro atoms. The van der Waals surface area contributed by atoms with Crippen LogP contribution in [0.5, 0.6) is 0 Å². The SMILES string of the molecule is CN(C)CCCN(C)S(=O)(=O)c1cc(N)ccc1C(=O)O. The lowest BCUT2D eigenvalue weighted by atomic mass is 10.2. The normalized spacial score (nSPS) is 12.0. The van der Waals surface area contributed by atoms with Gasteiger partial charge >= 0.3 is 5.97 Å². The molecule has 0 unspecified atom stereocenters. The van der Waals surface area contributed by atoms with Gasteiger partial charge in [0.05, 0.1) is 10.5 Å². The van der Waals surface area contributed by atoms with E-state index in [1.54, 1.807) is 0 Å². The Hall–Kier alpha value is -1.64. The first-order chi connectivity index (χ1) is 9.66. The molecule has 0 radical (unpaired) electrons. The van der Waals surface area contributed by atoms with Gasteiger partial charge in [0.2, 0.25) is 10.0 Å². The zero-order chi connectivity index (χ0) is 16.2. The van der Waals surface area contributed by atoms with Gasteiger partial charge in [0.25, 0.3) is 0 Å². The highest BCUT2D eigenvalue weighted by atomic mass is 32.2. The van der Waals surface area contributed by atoms with Crippen LogP contribution < -0.4 is 5.73 Å². The third kappa shape index (κ3) is 4.42. The molecular formula is C13H21N3O4S. The van der Waals surface area contributed by atoms with E-state index in [4.69, 9.17) is 10.8 Å². The standard InChI is InChI=1S/C13H21N3O4S/c1-15(2)7-4-8-16(3)21(19,20)12-9-10(14)5-6-11(12)13(17)18/h5-6,9H,4,7-8,14H2,1-3H3,(H,17,18). The van der Waals surface area contributed by atoms with E-state index in [0.717, 1.165) is 10.8 Å². The third-order valence-electron chi connectivity index (χ3n) is 3.00. The monoisotopic (exact) mass is 315 g/mol. The molecule has 0 saturated heterocycles. The first-order valence-corrected chi connectivity index (χ1v) is 7.84. The Balaban J connectivity index is 3.07. The summed E-state index contributed by atoms with van der Waals surface area (Å²) >= 11 is 0. The molecule has 0 heterocycles. The quantitative estimate of drug-likeness (QED) is 0.712. The minimum absolute atomic E-state index is 0.209. The Morgan fingerprint density at radius 1 is 1.24 bits per heavy atom. The van der Waals surface area contributed by atoms with E-state index in [9.17, 15) is 13.2 Å². The van der Waals surface area contributed by atoms with Crippen molar-refractivity contribution in [2.75, 3.05) is 40.0 Å². The van der Waals surface area contributed by atoms with Crippen molar-refractivity contribution in [2.24, 2.45) is 0 Å². The lowest BCUT2D eigenvalue weighted by Gasteiger charge is -2.19. The Morgan fingerprint density at radius 3 is 2.38 bits per heavy atom. The number of benzene rings is 1. The molecule has 1 aromatic rings. The fourth-order valence-electron chi connectivity index (χ4n) is 1.83. The van der Waals surface area contributed by atoms with Gasteiger partial charge in [0.15, 0.2) is 0 Å². The molecule has 1 rings (SSSR count). The Morgan fingerprint density at radius 2 is 1.86 bits per heavy atom. The number of rotatable bonds is 7. The summed E-state index contributed by atoms with van der Waals surface area (Å²) in [5, 5.41) is 9.12. The lowest BCUT2D eigenvalue weighted by molar-refractivity contribution is 0.0692. The van der Waals surface area contributed by atoms with Crippen LogP contribution in [-0.4, -0.2) is 62.9 Å². The molecule has 3 N–H and O–H groups in total. The molecule has 0 aliphatic rings. The maximum Gasteiger partial charge on any atom is 0.337 e. The lowest BCUT2D eigenvalue weighted by Crippen LogP contribution is -2.31. The van der Waals surface area contributed by atoms with Gasteiger partial charge in [-0.15, -0.1) is 0 Å². The second-order valence-electron chi connectivity index (χ2n) is 5.04. The number of aromatic carboxylic acids is 1. The van der Waals surface area contributed by atoms with Crippen molar-refractivity contribution in [2.45, 2.75) is 11.3 Å². The van der Waals surface area contributed by atoms with E-state index >= 15 is 0 Å². The maximum atomic E-state index is 12.5. The van der Waals surface area contributed by atoms with Crippen LogP contribution in [0.15, 0.2) is 23.1 Å². The molecule has 0 aliphatic carbocycles. The van der Waals surface area contributed by atoms with Gasteiger partial charge in [-0.25, -0.2) is 17.5 Å². The molecule has 0 aromatic heterocycles. The Bertz CT molecular complexity index is 614. The van der Waals surface area contributed by atoms with Gasteiger partial charge in [-0.05, 0) is 45.3 Å². The number of carbonyl (C=O) groups is 1. The molecule has 0 aliphatic heterocycles. The maximum absolute atomic E-state index is 12.5. The van der Waals surface area contributed by atoms with Gasteiger partial charge in [0.1, 0.15) is 0 Å². The first-order valence-electron chi connectivity index (χ1n) is 6.40. The Kier molecular flexibility index (Phi) is 5.70. The van der Waals surface area contributed by atoms with Crippen LogP contribution in [0.3, 0.4) is 0 Å². The second kappa shape index (κ2) is 6.88. The topological polar surface area (TPSA) is 104 Å². The van der Waals surface area contributed by atoms with Gasteiger partial charge in [0, 0.05) is 19.3 Å². The average Bonchev–Trinajstić information content (AvgIpc) is 2.37. The van der Waals surface area contributed by atoms with Crippen molar-refractivity contribution < 1.29 is 18.3 Å². The number of nitrogens with zero attached hydrogens (tertiary/aromatic N) is 2. The van der Waals surface area contributed by atoms with Gasteiger partial charge in [-0.2, -0.15) is 0 Å². The highest BCUT2D eigenvalue weighted by Gasteiger charge is 2.26. The van der Waals surface area contributed by atoms with Crippen molar-refractivity contribution in [3.05, 3.63) is 23.8 Å². The summed E-state index contributed by atoms with van der Waals surface area (Å²) in [5.74, 6) is -1.30. The summed E-state index contributed by atoms with van der Waals surface area (Å²) < 4.78 is 26.1. The fourth-order valence-corrected chi connectivity index (χ4v) is 3.25. The highest BCUT2D eigenvalue weighted by molar-refractivity contribution is 7.89. The van der Waals surface area contributed by atoms with Gasteiger partial charge in [-0.3, -0.25) is 0 Å². The predicted octanol–water partition coefficient (Wildman–Crippen LogP) is 0.539. The van der Waals surface area contributed by atoms with Crippen LogP contribution in [0.25, 0.3) is 0 Å². The van der Waals surface area contributed by atoms with Crippen molar-refractivity contribution in [3.63, 3.8) is 0 Å². The molecule has 0 atom stereocenters. The minimum Gasteiger partial charge on any atom is -0.478 e. The number of carboxylic acids is 1. The molecule has 0 bridgehead atoms. The van der Waals surface area contributed by atoms with Crippen molar-refractivity contribution in [3.8, 4) is 0 Å². The van der Waals surface area contributed by atoms with E-state index in [1.807, 2.05) is 19.0 Å². The number of nitrogen functional groups attached to an aromatic ring is 1. The van der Waals surface area contributed by atoms with Gasteiger partial charge < -0.3 is 15.7 Å². The smallest absolute Gasteiger partial charge is 0.337 e. The molecule has 8 heteroatoms. The molecule has 0 amide bonds. The summed E-state index contributed by atoms with van der Waals surface area (Å²) in [6, 6.07) is 3.76. The van der Waals surface area contributed by atoms with Crippen molar-refractivity contribution in [1.82, 2.24) is 9.21 Å². The predicted molar refractivity (Wildman–Crippen MR) is 80.8 cm³/mol. The number of carboxylic acid groups (broad SMARTS) is 1. The number of hydrogen-bond acceptors (Lipinski definition) is 5. The molecule has 21 heavy (non-hydrogen) atoms. The summed E-state index contributed by atoms with van der Waals surface area (Å²) in [5.41, 5.74) is 5.52. The zero-order valence-corrected chi connectivity index (χ0v) is 13.2. The average molecular weight is 315 g/mol. The highest BCUT2D eigenvalue weighted by Crippen LogP contribution is 2.22. The number of sulfonamides is 1. The Labute approximate surface area is 125 Å². The van der Waals surface area contributed by atoms with Crippen molar-refractivity contribution in [1.29, 1.82) is 0 Å². The first kappa shape index (κ1) is 17.4. The number of anilines is 1.